The lowest BCUT2D eigenvalue weighted by Gasteiger charge is -2.35. The van der Waals surface area contributed by atoms with Crippen molar-refractivity contribution in [3.63, 3.8) is 0 Å². The summed E-state index contributed by atoms with van der Waals surface area (Å²) in [4.78, 5) is 42.5. The average Bonchev–Trinajstić information content (AvgIpc) is 2.82. The molecule has 1 N–H and O–H groups in total. The molecule has 0 aromatic heterocycles. The van der Waals surface area contributed by atoms with Crippen LogP contribution in [0.15, 0.2) is 36.4 Å². The molecule has 0 bridgehead atoms. The molecule has 0 radical (unpaired) electrons. The van der Waals surface area contributed by atoms with E-state index < -0.39 is 17.6 Å². The second-order valence-corrected chi connectivity index (χ2v) is 9.70. The second-order valence-electron chi connectivity index (χ2n) is 9.70. The number of nitrogens with zero attached hydrogens (tertiary/aromatic N) is 2. The number of likely N-dealkylation sites (N-methyl/N-ethyl adjacent to an activating group) is 2. The topological polar surface area (TPSA) is 79.0 Å². The van der Waals surface area contributed by atoms with Gasteiger partial charge in [0.1, 0.15) is 18.2 Å². The van der Waals surface area contributed by atoms with Gasteiger partial charge in [-0.1, -0.05) is 42.0 Å². The van der Waals surface area contributed by atoms with Crippen LogP contribution in [0.1, 0.15) is 51.2 Å². The summed E-state index contributed by atoms with van der Waals surface area (Å²) < 4.78 is 5.39. The van der Waals surface area contributed by atoms with Gasteiger partial charge in [0.25, 0.3) is 0 Å². The fourth-order valence-corrected chi connectivity index (χ4v) is 3.90. The van der Waals surface area contributed by atoms with Crippen molar-refractivity contribution < 1.29 is 19.1 Å². The summed E-state index contributed by atoms with van der Waals surface area (Å²) in [5.74, 6) is -0.829. The van der Waals surface area contributed by atoms with Crippen LogP contribution in [0.5, 0.6) is 0 Å². The number of ether oxygens (including phenoxy) is 1. The lowest BCUT2D eigenvalue weighted by atomic mass is 10.0. The van der Waals surface area contributed by atoms with Crippen LogP contribution in [0.2, 0.25) is 0 Å². The van der Waals surface area contributed by atoms with Gasteiger partial charge in [0.2, 0.25) is 11.8 Å². The van der Waals surface area contributed by atoms with E-state index in [0.717, 1.165) is 17.5 Å². The van der Waals surface area contributed by atoms with Gasteiger partial charge in [-0.2, -0.15) is 0 Å². The van der Waals surface area contributed by atoms with E-state index in [1.54, 1.807) is 39.8 Å². The van der Waals surface area contributed by atoms with E-state index in [-0.39, 0.29) is 24.4 Å². The van der Waals surface area contributed by atoms with Crippen LogP contribution in [0.4, 0.5) is 0 Å². The van der Waals surface area contributed by atoms with Gasteiger partial charge in [-0.15, -0.1) is 0 Å². The molecule has 1 aliphatic rings. The lowest BCUT2D eigenvalue weighted by molar-refractivity contribution is -0.159. The third-order valence-electron chi connectivity index (χ3n) is 5.63. The van der Waals surface area contributed by atoms with Crippen molar-refractivity contribution in [3.05, 3.63) is 47.5 Å². The number of hydrogen-bond acceptors (Lipinski definition) is 5. The largest absolute Gasteiger partial charge is 0.459 e. The number of esters is 1. The number of nitrogens with one attached hydrogen (secondary N) is 1. The number of carbonyl (C=O) groups is 3. The molecule has 2 atom stereocenters. The number of allylic oxidation sites excluding steroid dienone is 1. The van der Waals surface area contributed by atoms with E-state index in [1.165, 1.54) is 4.90 Å². The van der Waals surface area contributed by atoms with Gasteiger partial charge in [-0.25, -0.2) is 0 Å². The van der Waals surface area contributed by atoms with Crippen molar-refractivity contribution in [1.29, 1.82) is 0 Å². The number of carbonyl (C=O) groups excluding carboxylic acids is 3. The molecular formula is C26H39N3O4. The Morgan fingerprint density at radius 1 is 1.18 bits per heavy atom. The molecule has 1 aliphatic heterocycles. The highest BCUT2D eigenvalue weighted by Gasteiger charge is 2.35. The molecule has 7 heteroatoms. The maximum atomic E-state index is 13.6. The first-order valence-corrected chi connectivity index (χ1v) is 11.7. The minimum absolute atomic E-state index is 0.0858. The number of amides is 2. The third-order valence-corrected chi connectivity index (χ3v) is 5.63. The Labute approximate surface area is 198 Å². The van der Waals surface area contributed by atoms with E-state index in [1.807, 2.05) is 31.2 Å². The molecule has 1 aromatic carbocycles. The van der Waals surface area contributed by atoms with Gasteiger partial charge in [0.05, 0.1) is 6.04 Å². The standard InChI is InChI=1S/C26H39N3O4/c1-19-12-14-20(15-13-19)17-22(25(32)28(6)18-23(30)33-26(2,3)4)29-16-10-8-7-9-11-21(27-5)24(29)31/h7-8,12-15,21-22,27H,9-11,16-18H2,1-6H3/b8-7-/t21-,22-/m0/s1. The van der Waals surface area contributed by atoms with E-state index in [9.17, 15) is 14.4 Å². The SMILES string of the molecule is CN[C@H]1CC/C=C\CCN([C@@H](Cc2ccc(C)cc2)C(=O)N(C)CC(=O)OC(C)(C)C)C1=O. The normalized spacial score (nSPS) is 19.2. The van der Waals surface area contributed by atoms with Crippen molar-refractivity contribution in [1.82, 2.24) is 15.1 Å². The first-order chi connectivity index (χ1) is 15.5. The van der Waals surface area contributed by atoms with E-state index in [0.29, 0.717) is 25.8 Å². The first-order valence-electron chi connectivity index (χ1n) is 11.7. The van der Waals surface area contributed by atoms with E-state index in [2.05, 4.69) is 17.5 Å². The van der Waals surface area contributed by atoms with Crippen LogP contribution in [-0.4, -0.2) is 72.5 Å². The Bertz CT molecular complexity index is 842. The molecule has 0 saturated heterocycles. The number of rotatable bonds is 7. The summed E-state index contributed by atoms with van der Waals surface area (Å²) in [6, 6.07) is 6.90. The Morgan fingerprint density at radius 2 is 1.82 bits per heavy atom. The molecule has 2 rings (SSSR count). The van der Waals surface area contributed by atoms with Gasteiger partial charge in [-0.05, 0) is 59.6 Å². The summed E-state index contributed by atoms with van der Waals surface area (Å²) in [7, 11) is 3.36. The maximum absolute atomic E-state index is 13.6. The fourth-order valence-electron chi connectivity index (χ4n) is 3.90. The van der Waals surface area contributed by atoms with Crippen LogP contribution >= 0.6 is 0 Å². The highest BCUT2D eigenvalue weighted by molar-refractivity contribution is 5.91. The molecule has 182 valence electrons. The molecule has 1 aromatic rings. The van der Waals surface area contributed by atoms with Gasteiger partial charge in [0.15, 0.2) is 0 Å². The van der Waals surface area contributed by atoms with Gasteiger partial charge >= 0.3 is 5.97 Å². The van der Waals surface area contributed by atoms with Gasteiger partial charge in [-0.3, -0.25) is 14.4 Å². The number of aryl methyl sites for hydroxylation is 1. The zero-order valence-corrected chi connectivity index (χ0v) is 20.9. The molecule has 7 nitrogen and oxygen atoms in total. The zero-order valence-electron chi connectivity index (χ0n) is 20.9. The number of benzene rings is 1. The second kappa shape index (κ2) is 12.0. The van der Waals surface area contributed by atoms with Crippen LogP contribution in [0.25, 0.3) is 0 Å². The molecule has 0 aliphatic carbocycles. The molecule has 33 heavy (non-hydrogen) atoms. The summed E-state index contributed by atoms with van der Waals surface area (Å²) in [5, 5.41) is 3.11. The maximum Gasteiger partial charge on any atom is 0.326 e. The predicted molar refractivity (Wildman–Crippen MR) is 130 cm³/mol. The first kappa shape index (κ1) is 26.6. The minimum Gasteiger partial charge on any atom is -0.459 e. The molecular weight excluding hydrogens is 418 g/mol. The third kappa shape index (κ3) is 8.31. The number of hydrogen-bond donors (Lipinski definition) is 1. The van der Waals surface area contributed by atoms with E-state index in [4.69, 9.17) is 4.74 Å². The molecule has 0 saturated carbocycles. The fraction of sp³-hybridized carbons (Fsp3) is 0.577. The van der Waals surface area contributed by atoms with Crippen LogP contribution < -0.4 is 5.32 Å². The van der Waals surface area contributed by atoms with Crippen LogP contribution in [0.3, 0.4) is 0 Å². The molecule has 0 fully saturated rings. The predicted octanol–water partition coefficient (Wildman–Crippen LogP) is 2.86. The Kier molecular flexibility index (Phi) is 9.65. The van der Waals surface area contributed by atoms with Crippen molar-refractivity contribution >= 4 is 17.8 Å². The molecule has 2 amide bonds. The minimum atomic E-state index is -0.713. The molecule has 1 heterocycles. The van der Waals surface area contributed by atoms with Crippen LogP contribution in [-0.2, 0) is 25.5 Å². The summed E-state index contributed by atoms with van der Waals surface area (Å²) in [5.41, 5.74) is 1.46. The summed E-state index contributed by atoms with van der Waals surface area (Å²) >= 11 is 0. The molecule has 0 spiro atoms. The van der Waals surface area contributed by atoms with Crippen molar-refractivity contribution in [2.24, 2.45) is 0 Å². The van der Waals surface area contributed by atoms with Crippen molar-refractivity contribution in [2.75, 3.05) is 27.2 Å². The zero-order chi connectivity index (χ0) is 24.6. The van der Waals surface area contributed by atoms with Gasteiger partial charge < -0.3 is 19.9 Å². The van der Waals surface area contributed by atoms with Gasteiger partial charge in [0, 0.05) is 20.0 Å². The molecule has 0 unspecified atom stereocenters. The highest BCUT2D eigenvalue weighted by Crippen LogP contribution is 2.18. The summed E-state index contributed by atoms with van der Waals surface area (Å²) in [6.07, 6.45) is 6.68. The Balaban J connectivity index is 2.33. The average molecular weight is 458 g/mol. The summed E-state index contributed by atoms with van der Waals surface area (Å²) in [6.45, 7) is 7.66. The van der Waals surface area contributed by atoms with Crippen LogP contribution in [0, 0.1) is 6.92 Å². The Morgan fingerprint density at radius 3 is 2.42 bits per heavy atom. The van der Waals surface area contributed by atoms with E-state index >= 15 is 0 Å². The monoisotopic (exact) mass is 457 g/mol. The van der Waals surface area contributed by atoms with Crippen molar-refractivity contribution in [3.8, 4) is 0 Å². The smallest absolute Gasteiger partial charge is 0.326 e. The Hall–Kier alpha value is -2.67. The highest BCUT2D eigenvalue weighted by atomic mass is 16.6. The quantitative estimate of drug-likeness (QED) is 0.503. The lowest BCUT2D eigenvalue weighted by Crippen LogP contribution is -2.56. The van der Waals surface area contributed by atoms with Crippen molar-refractivity contribution in [2.45, 2.75) is 71.1 Å².